The maximum atomic E-state index is 12.9. The van der Waals surface area contributed by atoms with Crippen molar-refractivity contribution in [3.05, 3.63) is 51.9 Å². The molecule has 0 atom stereocenters. The van der Waals surface area contributed by atoms with E-state index in [4.69, 9.17) is 38.0 Å². The fourth-order valence-electron chi connectivity index (χ4n) is 2.64. The van der Waals surface area contributed by atoms with Crippen LogP contribution in [-0.4, -0.2) is 31.6 Å². The van der Waals surface area contributed by atoms with E-state index in [0.717, 1.165) is 5.56 Å². The van der Waals surface area contributed by atoms with Crippen molar-refractivity contribution in [1.29, 1.82) is 0 Å². The second kappa shape index (κ2) is 8.21. The number of thiocarbonyl (C=S) groups is 1. The lowest BCUT2D eigenvalue weighted by Gasteiger charge is -2.14. The molecule has 0 aromatic heterocycles. The van der Waals surface area contributed by atoms with Crippen molar-refractivity contribution in [1.82, 2.24) is 0 Å². The van der Waals surface area contributed by atoms with Gasteiger partial charge in [-0.2, -0.15) is 0 Å². The molecule has 1 aliphatic heterocycles. The summed E-state index contributed by atoms with van der Waals surface area (Å²) in [7, 11) is 4.62. The van der Waals surface area contributed by atoms with E-state index in [0.29, 0.717) is 37.2 Å². The van der Waals surface area contributed by atoms with E-state index in [2.05, 4.69) is 0 Å². The molecule has 5 nitrogen and oxygen atoms in total. The summed E-state index contributed by atoms with van der Waals surface area (Å²) < 4.78 is 16.5. The second-order valence-corrected chi connectivity index (χ2v) is 7.57. The van der Waals surface area contributed by atoms with Crippen LogP contribution < -0.4 is 19.1 Å². The average Bonchev–Trinajstić information content (AvgIpc) is 2.94. The molecule has 0 aliphatic carbocycles. The van der Waals surface area contributed by atoms with Crippen molar-refractivity contribution < 1.29 is 19.0 Å². The van der Waals surface area contributed by atoms with Gasteiger partial charge in [-0.1, -0.05) is 41.6 Å². The Morgan fingerprint density at radius 2 is 1.74 bits per heavy atom. The molecule has 0 spiro atoms. The van der Waals surface area contributed by atoms with Crippen LogP contribution in [0.3, 0.4) is 0 Å². The van der Waals surface area contributed by atoms with Crippen LogP contribution in [0, 0.1) is 0 Å². The first-order valence-electron chi connectivity index (χ1n) is 7.82. The third-order valence-corrected chi connectivity index (χ3v) is 5.38. The van der Waals surface area contributed by atoms with Crippen LogP contribution in [0.15, 0.2) is 41.3 Å². The first-order chi connectivity index (χ1) is 13.0. The van der Waals surface area contributed by atoms with E-state index in [1.54, 1.807) is 56.7 Å². The lowest BCUT2D eigenvalue weighted by Crippen LogP contribution is -2.27. The first-order valence-corrected chi connectivity index (χ1v) is 9.42. The molecule has 0 unspecified atom stereocenters. The van der Waals surface area contributed by atoms with Gasteiger partial charge in [-0.25, -0.2) is 0 Å². The Hall–Kier alpha value is -2.22. The van der Waals surface area contributed by atoms with Gasteiger partial charge in [0.05, 0.1) is 31.9 Å². The summed E-state index contributed by atoms with van der Waals surface area (Å²) in [5, 5.41) is 0.537. The largest absolute Gasteiger partial charge is 0.493 e. The molecule has 1 heterocycles. The molecular weight excluding hydrogens is 406 g/mol. The smallest absolute Gasteiger partial charge is 0.270 e. The zero-order valence-electron chi connectivity index (χ0n) is 14.8. The molecule has 1 aliphatic rings. The SMILES string of the molecule is COc1cc(/C=C2/SC(=S)N(c3cccc(Cl)c3)C2=O)cc(OC)c1OC. The van der Waals surface area contributed by atoms with Crippen molar-refractivity contribution >= 4 is 57.6 Å². The fraction of sp³-hybridized carbons (Fsp3) is 0.158. The highest BCUT2D eigenvalue weighted by Gasteiger charge is 2.33. The Morgan fingerprint density at radius 3 is 2.30 bits per heavy atom. The Bertz CT molecular complexity index is 920. The van der Waals surface area contributed by atoms with Crippen molar-refractivity contribution in [2.75, 3.05) is 26.2 Å². The number of hydrogen-bond donors (Lipinski definition) is 0. The monoisotopic (exact) mass is 421 g/mol. The summed E-state index contributed by atoms with van der Waals surface area (Å²) in [6.07, 6.45) is 1.74. The van der Waals surface area contributed by atoms with Crippen LogP contribution in [0.2, 0.25) is 5.02 Å². The van der Waals surface area contributed by atoms with Crippen LogP contribution >= 0.6 is 35.6 Å². The van der Waals surface area contributed by atoms with E-state index in [-0.39, 0.29) is 5.91 Å². The zero-order valence-corrected chi connectivity index (χ0v) is 17.2. The normalized spacial score (nSPS) is 15.4. The minimum absolute atomic E-state index is 0.207. The number of rotatable bonds is 5. The summed E-state index contributed by atoms with van der Waals surface area (Å²) in [6.45, 7) is 0. The summed E-state index contributed by atoms with van der Waals surface area (Å²) in [4.78, 5) is 14.8. The Labute approximate surface area is 171 Å². The summed E-state index contributed by atoms with van der Waals surface area (Å²) >= 11 is 12.7. The highest BCUT2D eigenvalue weighted by atomic mass is 35.5. The standard InChI is InChI=1S/C19H16ClNO4S2/c1-23-14-7-11(8-15(24-2)17(14)25-3)9-16-18(22)21(19(26)27-16)13-6-4-5-12(20)10-13/h4-10H,1-3H3/b16-9+. The molecule has 3 rings (SSSR count). The molecule has 0 radical (unpaired) electrons. The Kier molecular flexibility index (Phi) is 5.94. The highest BCUT2D eigenvalue weighted by Crippen LogP contribution is 2.41. The van der Waals surface area contributed by atoms with Crippen LogP contribution in [-0.2, 0) is 4.79 Å². The summed E-state index contributed by atoms with van der Waals surface area (Å²) in [5.74, 6) is 1.30. The van der Waals surface area contributed by atoms with E-state index in [9.17, 15) is 4.79 Å². The van der Waals surface area contributed by atoms with Gasteiger partial charge in [-0.3, -0.25) is 9.69 Å². The molecule has 0 saturated carbocycles. The molecule has 2 aromatic carbocycles. The molecule has 1 amide bonds. The maximum Gasteiger partial charge on any atom is 0.270 e. The van der Waals surface area contributed by atoms with Crippen molar-refractivity contribution in [2.45, 2.75) is 0 Å². The van der Waals surface area contributed by atoms with Gasteiger partial charge in [0, 0.05) is 5.02 Å². The number of carbonyl (C=O) groups excluding carboxylic acids is 1. The number of ether oxygens (including phenoxy) is 3. The van der Waals surface area contributed by atoms with Gasteiger partial charge in [0.2, 0.25) is 5.75 Å². The number of amides is 1. The first kappa shape index (κ1) is 19.5. The number of carbonyl (C=O) groups is 1. The quantitative estimate of drug-likeness (QED) is 0.512. The van der Waals surface area contributed by atoms with Crippen molar-refractivity contribution in [2.24, 2.45) is 0 Å². The zero-order chi connectivity index (χ0) is 19.6. The number of benzene rings is 2. The van der Waals surface area contributed by atoms with Gasteiger partial charge >= 0.3 is 0 Å². The fourth-order valence-corrected chi connectivity index (χ4v) is 4.13. The molecule has 0 N–H and O–H groups in total. The number of methoxy groups -OCH3 is 3. The van der Waals surface area contributed by atoms with Gasteiger partial charge in [-0.05, 0) is 42.0 Å². The predicted molar refractivity (Wildman–Crippen MR) is 113 cm³/mol. The third kappa shape index (κ3) is 3.90. The van der Waals surface area contributed by atoms with Gasteiger partial charge in [0.25, 0.3) is 5.91 Å². The number of hydrogen-bond acceptors (Lipinski definition) is 6. The highest BCUT2D eigenvalue weighted by molar-refractivity contribution is 8.27. The minimum Gasteiger partial charge on any atom is -0.493 e. The number of nitrogens with zero attached hydrogens (tertiary/aromatic N) is 1. The third-order valence-electron chi connectivity index (χ3n) is 3.84. The van der Waals surface area contributed by atoms with Crippen LogP contribution in [0.5, 0.6) is 17.2 Å². The van der Waals surface area contributed by atoms with Gasteiger partial charge in [-0.15, -0.1) is 0 Å². The lowest BCUT2D eigenvalue weighted by atomic mass is 10.1. The molecule has 140 valence electrons. The van der Waals surface area contributed by atoms with E-state index in [1.807, 2.05) is 0 Å². The summed E-state index contributed by atoms with van der Waals surface area (Å²) in [5.41, 5.74) is 1.37. The van der Waals surface area contributed by atoms with E-state index >= 15 is 0 Å². The van der Waals surface area contributed by atoms with E-state index in [1.165, 1.54) is 23.8 Å². The molecule has 27 heavy (non-hydrogen) atoms. The number of halogens is 1. The van der Waals surface area contributed by atoms with Crippen LogP contribution in [0.1, 0.15) is 5.56 Å². The maximum absolute atomic E-state index is 12.9. The Morgan fingerprint density at radius 1 is 1.07 bits per heavy atom. The molecule has 2 aromatic rings. The molecule has 1 saturated heterocycles. The number of anilines is 1. The Balaban J connectivity index is 1.99. The van der Waals surface area contributed by atoms with Crippen molar-refractivity contribution in [3.8, 4) is 17.2 Å². The van der Waals surface area contributed by atoms with Gasteiger partial charge in [0.15, 0.2) is 15.8 Å². The lowest BCUT2D eigenvalue weighted by molar-refractivity contribution is -0.113. The molecule has 1 fully saturated rings. The van der Waals surface area contributed by atoms with Crippen molar-refractivity contribution in [3.63, 3.8) is 0 Å². The van der Waals surface area contributed by atoms with E-state index < -0.39 is 0 Å². The molecule has 8 heteroatoms. The topological polar surface area (TPSA) is 48.0 Å². The van der Waals surface area contributed by atoms with Crippen LogP contribution in [0.4, 0.5) is 5.69 Å². The minimum atomic E-state index is -0.207. The summed E-state index contributed by atoms with van der Waals surface area (Å²) in [6, 6.07) is 10.6. The number of thioether (sulfide) groups is 1. The second-order valence-electron chi connectivity index (χ2n) is 5.46. The predicted octanol–water partition coefficient (Wildman–Crippen LogP) is 4.77. The average molecular weight is 422 g/mol. The molecular formula is C19H16ClNO4S2. The van der Waals surface area contributed by atoms with Crippen LogP contribution in [0.25, 0.3) is 6.08 Å². The van der Waals surface area contributed by atoms with Gasteiger partial charge in [0.1, 0.15) is 0 Å². The van der Waals surface area contributed by atoms with Gasteiger partial charge < -0.3 is 14.2 Å². The molecule has 0 bridgehead atoms.